The molecule has 0 unspecified atom stereocenters. The molecule has 0 aromatic carbocycles. The average molecular weight is 448 g/mol. The van der Waals surface area contributed by atoms with Gasteiger partial charge in [-0.15, -0.1) is 0 Å². The van der Waals surface area contributed by atoms with Gasteiger partial charge in [0.2, 0.25) is 0 Å². The summed E-state index contributed by atoms with van der Waals surface area (Å²) in [7, 11) is 0. The Balaban J connectivity index is 1.39. The molecule has 0 radical (unpaired) electrons. The molecule has 0 aliphatic carbocycles. The second kappa shape index (κ2) is 9.28. The van der Waals surface area contributed by atoms with Crippen LogP contribution in [0.2, 0.25) is 5.02 Å². The molecule has 0 bridgehead atoms. The number of hydrogen-bond acceptors (Lipinski definition) is 6. The van der Waals surface area contributed by atoms with Crippen LogP contribution in [0.25, 0.3) is 0 Å². The van der Waals surface area contributed by atoms with Gasteiger partial charge < -0.3 is 9.47 Å². The van der Waals surface area contributed by atoms with Gasteiger partial charge in [0.05, 0.1) is 11.2 Å². The maximum Gasteiger partial charge on any atom is 0.274 e. The third-order valence-electron chi connectivity index (χ3n) is 5.22. The minimum atomic E-state index is -0.119. The number of halogens is 1. The fourth-order valence-electron chi connectivity index (χ4n) is 3.64. The number of carbonyl (C=O) groups is 1. The maximum atomic E-state index is 12.9. The van der Waals surface area contributed by atoms with Crippen LogP contribution in [0.4, 0.5) is 0 Å². The number of thioether (sulfide) groups is 1. The van der Waals surface area contributed by atoms with E-state index in [1.54, 1.807) is 11.3 Å². The van der Waals surface area contributed by atoms with Gasteiger partial charge in [-0.1, -0.05) is 23.4 Å². The highest BCUT2D eigenvalue weighted by atomic mass is 35.5. The molecule has 0 spiro atoms. The van der Waals surface area contributed by atoms with Gasteiger partial charge in [0, 0.05) is 37.9 Å². The number of aromatic nitrogens is 4. The van der Waals surface area contributed by atoms with Crippen molar-refractivity contribution in [3.8, 4) is 0 Å². The third kappa shape index (κ3) is 4.65. The summed E-state index contributed by atoms with van der Waals surface area (Å²) in [6.45, 7) is 2.28. The van der Waals surface area contributed by atoms with E-state index in [9.17, 15) is 4.79 Å². The van der Waals surface area contributed by atoms with E-state index in [-0.39, 0.29) is 5.91 Å². The average Bonchev–Trinajstić information content (AvgIpc) is 3.44. The van der Waals surface area contributed by atoms with Gasteiger partial charge >= 0.3 is 0 Å². The second-order valence-electron chi connectivity index (χ2n) is 6.98. The zero-order valence-electron chi connectivity index (χ0n) is 16.1. The van der Waals surface area contributed by atoms with Crippen molar-refractivity contribution in [2.24, 2.45) is 0 Å². The summed E-state index contributed by atoms with van der Waals surface area (Å²) in [6, 6.07) is 2.17. The Hall–Kier alpha value is -1.90. The van der Waals surface area contributed by atoms with Crippen LogP contribution in [-0.4, -0.2) is 49.7 Å². The van der Waals surface area contributed by atoms with Gasteiger partial charge in [-0.2, -0.15) is 11.3 Å². The van der Waals surface area contributed by atoms with Gasteiger partial charge in [0.1, 0.15) is 5.82 Å². The highest BCUT2D eigenvalue weighted by molar-refractivity contribution is 7.98. The van der Waals surface area contributed by atoms with Crippen molar-refractivity contribution in [3.05, 3.63) is 57.5 Å². The van der Waals surface area contributed by atoms with Gasteiger partial charge in [-0.05, 0) is 47.9 Å². The number of imidazole rings is 1. The lowest BCUT2D eigenvalue weighted by Gasteiger charge is -2.32. The molecule has 1 fully saturated rings. The molecule has 0 N–H and O–H groups in total. The van der Waals surface area contributed by atoms with E-state index in [0.717, 1.165) is 31.6 Å². The fraction of sp³-hybridized carbons (Fsp3) is 0.400. The van der Waals surface area contributed by atoms with Crippen LogP contribution in [0.5, 0.6) is 0 Å². The molecule has 1 amide bonds. The molecule has 0 atom stereocenters. The predicted molar refractivity (Wildman–Crippen MR) is 117 cm³/mol. The second-order valence-corrected chi connectivity index (χ2v) is 8.94. The Morgan fingerprint density at radius 3 is 2.90 bits per heavy atom. The highest BCUT2D eigenvalue weighted by Crippen LogP contribution is 2.29. The van der Waals surface area contributed by atoms with E-state index in [1.165, 1.54) is 23.5 Å². The maximum absolute atomic E-state index is 12.9. The molecule has 4 heterocycles. The molecule has 1 saturated heterocycles. The SMILES string of the molecule is CSc1ncc(Cl)c(C(=O)N2CCC(c3nccn3CCc3ccsc3)CC2)n1. The summed E-state index contributed by atoms with van der Waals surface area (Å²) in [5.41, 5.74) is 1.66. The largest absolute Gasteiger partial charge is 0.337 e. The first kappa shape index (κ1) is 20.4. The number of carbonyl (C=O) groups excluding carboxylic acids is 1. The van der Waals surface area contributed by atoms with E-state index in [4.69, 9.17) is 11.6 Å². The molecular formula is C20H22ClN5OS2. The van der Waals surface area contributed by atoms with Gasteiger partial charge in [-0.25, -0.2) is 15.0 Å². The Kier molecular flexibility index (Phi) is 6.52. The topological polar surface area (TPSA) is 63.9 Å². The van der Waals surface area contributed by atoms with E-state index >= 15 is 0 Å². The van der Waals surface area contributed by atoms with E-state index < -0.39 is 0 Å². The van der Waals surface area contributed by atoms with Crippen molar-refractivity contribution in [3.63, 3.8) is 0 Å². The number of likely N-dealkylation sites (tertiary alicyclic amines) is 1. The van der Waals surface area contributed by atoms with Gasteiger partial charge in [0.15, 0.2) is 10.9 Å². The lowest BCUT2D eigenvalue weighted by Crippen LogP contribution is -2.39. The van der Waals surface area contributed by atoms with Crippen molar-refractivity contribution in [2.75, 3.05) is 19.3 Å². The lowest BCUT2D eigenvalue weighted by atomic mass is 9.95. The van der Waals surface area contributed by atoms with Crippen LogP contribution in [-0.2, 0) is 13.0 Å². The standard InChI is InChI=1S/C20H22ClN5OS2/c1-28-20-23-12-16(21)17(24-20)19(27)26-8-3-15(4-9-26)18-22-6-10-25(18)7-2-14-5-11-29-13-14/h5-6,10-13,15H,2-4,7-9H2,1H3. The zero-order chi connectivity index (χ0) is 20.2. The molecule has 6 nitrogen and oxygen atoms in total. The molecule has 3 aromatic heterocycles. The van der Waals surface area contributed by atoms with Crippen molar-refractivity contribution in [2.45, 2.75) is 36.9 Å². The summed E-state index contributed by atoms with van der Waals surface area (Å²) >= 11 is 9.31. The predicted octanol–water partition coefficient (Wildman–Crippen LogP) is 4.37. The lowest BCUT2D eigenvalue weighted by molar-refractivity contribution is 0.0703. The summed E-state index contributed by atoms with van der Waals surface area (Å²) in [6.07, 6.45) is 10.1. The van der Waals surface area contributed by atoms with Crippen LogP contribution < -0.4 is 0 Å². The van der Waals surface area contributed by atoms with Crippen molar-refractivity contribution >= 4 is 40.6 Å². The normalized spacial score (nSPS) is 15.0. The molecule has 3 aromatic rings. The van der Waals surface area contributed by atoms with E-state index in [2.05, 4.69) is 42.5 Å². The first-order chi connectivity index (χ1) is 14.2. The molecule has 1 aliphatic heterocycles. The van der Waals surface area contributed by atoms with Gasteiger partial charge in [-0.3, -0.25) is 4.79 Å². The van der Waals surface area contributed by atoms with Crippen molar-refractivity contribution in [1.82, 2.24) is 24.4 Å². The molecule has 0 saturated carbocycles. The first-order valence-corrected chi connectivity index (χ1v) is 12.1. The third-order valence-corrected chi connectivity index (χ3v) is 6.79. The van der Waals surface area contributed by atoms with Crippen molar-refractivity contribution in [1.29, 1.82) is 0 Å². The minimum absolute atomic E-state index is 0.119. The summed E-state index contributed by atoms with van der Waals surface area (Å²) in [4.78, 5) is 27.8. The van der Waals surface area contributed by atoms with Crippen LogP contribution in [0.1, 0.15) is 40.6 Å². The van der Waals surface area contributed by atoms with Crippen LogP contribution in [0.3, 0.4) is 0 Å². The smallest absolute Gasteiger partial charge is 0.274 e. The number of thiophene rings is 1. The van der Waals surface area contributed by atoms with Gasteiger partial charge in [0.25, 0.3) is 5.91 Å². The number of amides is 1. The summed E-state index contributed by atoms with van der Waals surface area (Å²) < 4.78 is 2.26. The molecule has 152 valence electrons. The first-order valence-electron chi connectivity index (χ1n) is 9.53. The minimum Gasteiger partial charge on any atom is -0.337 e. The molecular weight excluding hydrogens is 426 g/mol. The summed E-state index contributed by atoms with van der Waals surface area (Å²) in [5, 5.41) is 5.17. The van der Waals surface area contributed by atoms with Crippen LogP contribution in [0, 0.1) is 0 Å². The number of hydrogen-bond donors (Lipinski definition) is 0. The Labute approximate surface area is 183 Å². The number of aryl methyl sites for hydroxylation is 2. The molecule has 9 heteroatoms. The van der Waals surface area contributed by atoms with E-state index in [1.807, 2.05) is 17.4 Å². The number of piperidine rings is 1. The van der Waals surface area contributed by atoms with Crippen LogP contribution in [0.15, 0.2) is 40.6 Å². The Bertz CT molecular complexity index is 967. The number of nitrogens with zero attached hydrogens (tertiary/aromatic N) is 5. The zero-order valence-corrected chi connectivity index (χ0v) is 18.5. The van der Waals surface area contributed by atoms with E-state index in [0.29, 0.717) is 34.9 Å². The highest BCUT2D eigenvalue weighted by Gasteiger charge is 2.28. The molecule has 29 heavy (non-hydrogen) atoms. The quantitative estimate of drug-likeness (QED) is 0.414. The fourth-order valence-corrected chi connectivity index (χ4v) is 4.86. The Morgan fingerprint density at radius 2 is 2.17 bits per heavy atom. The number of rotatable bonds is 6. The van der Waals surface area contributed by atoms with Crippen LogP contribution >= 0.6 is 34.7 Å². The molecule has 4 rings (SSSR count). The Morgan fingerprint density at radius 1 is 1.34 bits per heavy atom. The van der Waals surface area contributed by atoms with Crippen molar-refractivity contribution < 1.29 is 4.79 Å². The monoisotopic (exact) mass is 447 g/mol. The molecule has 1 aliphatic rings. The summed E-state index contributed by atoms with van der Waals surface area (Å²) in [5.74, 6) is 1.36.